The van der Waals surface area contributed by atoms with Crippen molar-refractivity contribution in [3.63, 3.8) is 0 Å². The minimum absolute atomic E-state index is 0.108. The average Bonchev–Trinajstić information content (AvgIpc) is 2.68. The SMILES string of the molecule is C[C@H](NC(=O)/C=C\c1ccccc1)c1cccc(-c2ccc(Cl)nc2)c1. The predicted octanol–water partition coefficient (Wildman–Crippen LogP) is 5.29. The number of carbonyl (C=O) groups is 1. The lowest BCUT2D eigenvalue weighted by Crippen LogP contribution is -2.24. The van der Waals surface area contributed by atoms with E-state index in [1.807, 2.05) is 61.5 Å². The van der Waals surface area contributed by atoms with Crippen molar-refractivity contribution in [2.45, 2.75) is 13.0 Å². The Morgan fingerprint density at radius 3 is 2.58 bits per heavy atom. The highest BCUT2D eigenvalue weighted by Crippen LogP contribution is 2.23. The van der Waals surface area contributed by atoms with Crippen molar-refractivity contribution in [1.29, 1.82) is 0 Å². The number of nitrogens with one attached hydrogen (secondary N) is 1. The van der Waals surface area contributed by atoms with E-state index in [1.54, 1.807) is 24.4 Å². The van der Waals surface area contributed by atoms with Crippen molar-refractivity contribution in [3.8, 4) is 11.1 Å². The van der Waals surface area contributed by atoms with Gasteiger partial charge in [0.25, 0.3) is 0 Å². The molecule has 0 aliphatic heterocycles. The quantitative estimate of drug-likeness (QED) is 0.494. The number of carbonyl (C=O) groups excluding carboxylic acids is 1. The highest BCUT2D eigenvalue weighted by Gasteiger charge is 2.09. The van der Waals surface area contributed by atoms with Crippen molar-refractivity contribution in [1.82, 2.24) is 10.3 Å². The zero-order chi connectivity index (χ0) is 18.4. The van der Waals surface area contributed by atoms with Gasteiger partial charge in [-0.3, -0.25) is 4.79 Å². The molecule has 0 fully saturated rings. The number of hydrogen-bond donors (Lipinski definition) is 1. The molecular weight excluding hydrogens is 344 g/mol. The number of halogens is 1. The molecule has 1 aromatic heterocycles. The minimum atomic E-state index is -0.125. The van der Waals surface area contributed by atoms with Gasteiger partial charge < -0.3 is 5.32 Å². The van der Waals surface area contributed by atoms with Crippen molar-refractivity contribution < 1.29 is 4.79 Å². The van der Waals surface area contributed by atoms with Crippen LogP contribution in [-0.4, -0.2) is 10.9 Å². The first-order chi connectivity index (χ1) is 12.6. The Balaban J connectivity index is 1.69. The van der Waals surface area contributed by atoms with E-state index in [0.29, 0.717) is 5.15 Å². The second kappa shape index (κ2) is 8.45. The second-order valence-corrected chi connectivity index (χ2v) is 6.36. The van der Waals surface area contributed by atoms with Crippen LogP contribution < -0.4 is 5.32 Å². The van der Waals surface area contributed by atoms with Crippen LogP contribution in [0.1, 0.15) is 24.1 Å². The molecular formula is C22H19ClN2O. The summed E-state index contributed by atoms with van der Waals surface area (Å²) in [7, 11) is 0. The highest BCUT2D eigenvalue weighted by molar-refractivity contribution is 6.29. The van der Waals surface area contributed by atoms with E-state index in [2.05, 4.69) is 16.4 Å². The summed E-state index contributed by atoms with van der Waals surface area (Å²) in [5, 5.41) is 3.46. The number of hydrogen-bond acceptors (Lipinski definition) is 2. The van der Waals surface area contributed by atoms with E-state index in [4.69, 9.17) is 11.6 Å². The van der Waals surface area contributed by atoms with Crippen LogP contribution in [0.4, 0.5) is 0 Å². The predicted molar refractivity (Wildman–Crippen MR) is 107 cm³/mol. The Morgan fingerprint density at radius 1 is 1.04 bits per heavy atom. The molecule has 0 saturated carbocycles. The van der Waals surface area contributed by atoms with Gasteiger partial charge in [0.1, 0.15) is 5.15 Å². The molecule has 0 aliphatic carbocycles. The molecule has 3 rings (SSSR count). The molecule has 0 unspecified atom stereocenters. The summed E-state index contributed by atoms with van der Waals surface area (Å²) in [6.07, 6.45) is 5.10. The summed E-state index contributed by atoms with van der Waals surface area (Å²) in [4.78, 5) is 16.3. The first-order valence-corrected chi connectivity index (χ1v) is 8.75. The Kier molecular flexibility index (Phi) is 5.82. The van der Waals surface area contributed by atoms with E-state index in [9.17, 15) is 4.79 Å². The van der Waals surface area contributed by atoms with Crippen LogP contribution in [0.5, 0.6) is 0 Å². The molecule has 0 bridgehead atoms. The molecule has 0 aliphatic rings. The van der Waals surface area contributed by atoms with Crippen LogP contribution in [0.3, 0.4) is 0 Å². The van der Waals surface area contributed by atoms with Gasteiger partial charge in [-0.25, -0.2) is 4.98 Å². The molecule has 1 heterocycles. The Morgan fingerprint density at radius 2 is 1.85 bits per heavy atom. The number of pyridine rings is 1. The van der Waals surface area contributed by atoms with Gasteiger partial charge in [0.05, 0.1) is 6.04 Å². The fourth-order valence-corrected chi connectivity index (χ4v) is 2.73. The van der Waals surface area contributed by atoms with Crippen LogP contribution in [-0.2, 0) is 4.79 Å². The third kappa shape index (κ3) is 4.80. The maximum atomic E-state index is 12.2. The Hall–Kier alpha value is -2.91. The third-order valence-electron chi connectivity index (χ3n) is 4.03. The lowest BCUT2D eigenvalue weighted by molar-refractivity contribution is -0.117. The summed E-state index contributed by atoms with van der Waals surface area (Å²) in [5.41, 5.74) is 4.04. The number of amides is 1. The summed E-state index contributed by atoms with van der Waals surface area (Å²) in [6, 6.07) is 21.4. The van der Waals surface area contributed by atoms with Gasteiger partial charge in [-0.05, 0) is 47.9 Å². The molecule has 3 aromatic rings. The first kappa shape index (κ1) is 17.9. The molecule has 130 valence electrons. The summed E-state index contributed by atoms with van der Waals surface area (Å²) in [5.74, 6) is -0.125. The zero-order valence-corrected chi connectivity index (χ0v) is 15.1. The van der Waals surface area contributed by atoms with E-state index in [-0.39, 0.29) is 11.9 Å². The fourth-order valence-electron chi connectivity index (χ4n) is 2.62. The average molecular weight is 363 g/mol. The molecule has 1 N–H and O–H groups in total. The minimum Gasteiger partial charge on any atom is -0.346 e. The van der Waals surface area contributed by atoms with Crippen molar-refractivity contribution in [2.75, 3.05) is 0 Å². The molecule has 0 spiro atoms. The van der Waals surface area contributed by atoms with Gasteiger partial charge >= 0.3 is 0 Å². The monoisotopic (exact) mass is 362 g/mol. The molecule has 1 atom stereocenters. The maximum absolute atomic E-state index is 12.2. The number of rotatable bonds is 5. The van der Waals surface area contributed by atoms with Crippen molar-refractivity contribution in [3.05, 3.63) is 95.3 Å². The number of aromatic nitrogens is 1. The zero-order valence-electron chi connectivity index (χ0n) is 14.4. The standard InChI is InChI=1S/C22H19ClN2O/c1-16(25-22(26)13-10-17-6-3-2-4-7-17)18-8-5-9-19(14-18)20-11-12-21(23)24-15-20/h2-16H,1H3,(H,25,26)/b13-10-/t16-/m0/s1. The molecule has 1 amide bonds. The molecule has 3 nitrogen and oxygen atoms in total. The Labute approximate surface area is 158 Å². The highest BCUT2D eigenvalue weighted by atomic mass is 35.5. The molecule has 26 heavy (non-hydrogen) atoms. The van der Waals surface area contributed by atoms with E-state index < -0.39 is 0 Å². The topological polar surface area (TPSA) is 42.0 Å². The van der Waals surface area contributed by atoms with E-state index in [0.717, 1.165) is 22.3 Å². The van der Waals surface area contributed by atoms with Gasteiger partial charge in [0.2, 0.25) is 5.91 Å². The smallest absolute Gasteiger partial charge is 0.244 e. The largest absolute Gasteiger partial charge is 0.346 e. The molecule has 4 heteroatoms. The van der Waals surface area contributed by atoms with Gasteiger partial charge in [0.15, 0.2) is 0 Å². The van der Waals surface area contributed by atoms with Crippen LogP contribution in [0.25, 0.3) is 17.2 Å². The van der Waals surface area contributed by atoms with Gasteiger partial charge in [-0.1, -0.05) is 60.1 Å². The molecule has 0 saturated heterocycles. The number of nitrogens with zero attached hydrogens (tertiary/aromatic N) is 1. The van der Waals surface area contributed by atoms with E-state index >= 15 is 0 Å². The normalized spacial score (nSPS) is 12.1. The summed E-state index contributed by atoms with van der Waals surface area (Å²) >= 11 is 5.85. The summed E-state index contributed by atoms with van der Waals surface area (Å²) < 4.78 is 0. The first-order valence-electron chi connectivity index (χ1n) is 8.37. The van der Waals surface area contributed by atoms with Gasteiger partial charge in [-0.15, -0.1) is 0 Å². The van der Waals surface area contributed by atoms with Crippen LogP contribution in [0.2, 0.25) is 5.15 Å². The molecule has 0 radical (unpaired) electrons. The lowest BCUT2D eigenvalue weighted by Gasteiger charge is -2.14. The summed E-state index contributed by atoms with van der Waals surface area (Å²) in [6.45, 7) is 1.97. The number of benzene rings is 2. The van der Waals surface area contributed by atoms with Crippen LogP contribution in [0, 0.1) is 0 Å². The van der Waals surface area contributed by atoms with E-state index in [1.165, 1.54) is 0 Å². The fraction of sp³-hybridized carbons (Fsp3) is 0.0909. The molecule has 2 aromatic carbocycles. The van der Waals surface area contributed by atoms with Gasteiger partial charge in [-0.2, -0.15) is 0 Å². The third-order valence-corrected chi connectivity index (χ3v) is 4.26. The van der Waals surface area contributed by atoms with Crippen molar-refractivity contribution in [2.24, 2.45) is 0 Å². The van der Waals surface area contributed by atoms with Crippen molar-refractivity contribution >= 4 is 23.6 Å². The Bertz CT molecular complexity index is 905. The van der Waals surface area contributed by atoms with Crippen LogP contribution >= 0.6 is 11.6 Å². The maximum Gasteiger partial charge on any atom is 0.244 e. The van der Waals surface area contributed by atoms with Crippen LogP contribution in [0.15, 0.2) is 79.0 Å². The van der Waals surface area contributed by atoms with Gasteiger partial charge in [0, 0.05) is 17.8 Å². The second-order valence-electron chi connectivity index (χ2n) is 5.97. The lowest BCUT2D eigenvalue weighted by atomic mass is 10.0.